The van der Waals surface area contributed by atoms with Gasteiger partial charge in [0, 0.05) is 19.4 Å². The molecule has 0 aromatic heterocycles. The van der Waals surface area contributed by atoms with Crippen LogP contribution >= 0.6 is 0 Å². The number of carbonyl (C=O) groups is 1. The van der Waals surface area contributed by atoms with Crippen LogP contribution in [0.5, 0.6) is 0 Å². The molecule has 0 atom stereocenters. The normalized spacial score (nSPS) is 10.8. The first-order valence-electron chi connectivity index (χ1n) is 4.66. The van der Waals surface area contributed by atoms with Gasteiger partial charge in [-0.2, -0.15) is 18.4 Å². The number of nitrogens with one attached hydrogen (secondary N) is 1. The molecule has 0 aliphatic carbocycles. The predicted molar refractivity (Wildman–Crippen MR) is 47.8 cm³/mol. The van der Waals surface area contributed by atoms with E-state index in [1.165, 1.54) is 0 Å². The van der Waals surface area contributed by atoms with E-state index < -0.39 is 24.9 Å². The Labute approximate surface area is 86.3 Å². The van der Waals surface area contributed by atoms with Gasteiger partial charge in [-0.05, 0) is 12.8 Å². The van der Waals surface area contributed by atoms with Gasteiger partial charge in [0.2, 0.25) is 5.91 Å². The van der Waals surface area contributed by atoms with Crippen LogP contribution in [0.25, 0.3) is 0 Å². The average molecular weight is 222 g/mol. The van der Waals surface area contributed by atoms with Crippen molar-refractivity contribution in [3.8, 4) is 6.07 Å². The van der Waals surface area contributed by atoms with Crippen molar-refractivity contribution in [3.05, 3.63) is 0 Å². The minimum Gasteiger partial charge on any atom is -0.356 e. The minimum absolute atomic E-state index is 0.332. The number of nitrogens with zero attached hydrogens (tertiary/aromatic N) is 1. The van der Waals surface area contributed by atoms with Crippen LogP contribution in [0.3, 0.4) is 0 Å². The molecule has 0 radical (unpaired) electrons. The van der Waals surface area contributed by atoms with E-state index in [9.17, 15) is 18.0 Å². The van der Waals surface area contributed by atoms with E-state index in [-0.39, 0.29) is 0 Å². The van der Waals surface area contributed by atoms with Crippen LogP contribution < -0.4 is 5.32 Å². The van der Waals surface area contributed by atoms with Crippen LogP contribution in [0, 0.1) is 11.3 Å². The molecule has 1 amide bonds. The summed E-state index contributed by atoms with van der Waals surface area (Å²) < 4.78 is 35.1. The van der Waals surface area contributed by atoms with Crippen molar-refractivity contribution >= 4 is 5.91 Å². The summed E-state index contributed by atoms with van der Waals surface area (Å²) in [5, 5.41) is 10.6. The zero-order chi connectivity index (χ0) is 11.7. The number of rotatable bonds is 6. The second kappa shape index (κ2) is 7.10. The summed E-state index contributed by atoms with van der Waals surface area (Å²) in [6.45, 7) is 0.332. The fraction of sp³-hybridized carbons (Fsp3) is 0.778. The highest BCUT2D eigenvalue weighted by atomic mass is 19.4. The molecule has 0 aliphatic rings. The molecular weight excluding hydrogens is 209 g/mol. The van der Waals surface area contributed by atoms with Crippen LogP contribution in [-0.2, 0) is 4.79 Å². The second-order valence-corrected chi connectivity index (χ2v) is 3.08. The summed E-state index contributed by atoms with van der Waals surface area (Å²) in [6.07, 6.45) is -4.23. The first kappa shape index (κ1) is 13.8. The van der Waals surface area contributed by atoms with Crippen molar-refractivity contribution in [1.82, 2.24) is 5.32 Å². The Balaban J connectivity index is 3.39. The Morgan fingerprint density at radius 3 is 2.53 bits per heavy atom. The molecule has 0 unspecified atom stereocenters. The van der Waals surface area contributed by atoms with Crippen molar-refractivity contribution in [2.24, 2.45) is 0 Å². The monoisotopic (exact) mass is 222 g/mol. The van der Waals surface area contributed by atoms with Gasteiger partial charge in [-0.1, -0.05) is 0 Å². The molecule has 3 nitrogen and oxygen atoms in total. The maximum absolute atomic E-state index is 11.7. The zero-order valence-corrected chi connectivity index (χ0v) is 8.23. The van der Waals surface area contributed by atoms with Crippen LogP contribution in [0.4, 0.5) is 13.2 Å². The highest BCUT2D eigenvalue weighted by molar-refractivity contribution is 5.75. The number of hydrogen-bond donors (Lipinski definition) is 1. The molecule has 6 heteroatoms. The number of carbonyl (C=O) groups excluding carboxylic acids is 1. The molecule has 0 fully saturated rings. The number of unbranched alkanes of at least 4 members (excludes halogenated alkanes) is 2. The van der Waals surface area contributed by atoms with Crippen LogP contribution in [0.15, 0.2) is 0 Å². The maximum Gasteiger partial charge on any atom is 0.389 e. The standard InChI is InChI=1S/C9H13F3N2O/c10-9(11,12)5-4-8(15)14-7-3-1-2-6-13/h1-5,7H2,(H,14,15). The molecule has 1 N–H and O–H groups in total. The van der Waals surface area contributed by atoms with Crippen molar-refractivity contribution in [1.29, 1.82) is 5.26 Å². The number of amides is 1. The van der Waals surface area contributed by atoms with E-state index in [1.54, 1.807) is 0 Å². The number of halogens is 3. The molecule has 0 bridgehead atoms. The zero-order valence-electron chi connectivity index (χ0n) is 8.23. The van der Waals surface area contributed by atoms with E-state index in [4.69, 9.17) is 5.26 Å². The molecule has 0 saturated heterocycles. The van der Waals surface area contributed by atoms with Gasteiger partial charge in [0.15, 0.2) is 0 Å². The van der Waals surface area contributed by atoms with Crippen molar-refractivity contribution in [2.45, 2.75) is 38.3 Å². The van der Waals surface area contributed by atoms with Gasteiger partial charge >= 0.3 is 6.18 Å². The smallest absolute Gasteiger partial charge is 0.356 e. The van der Waals surface area contributed by atoms with Crippen LogP contribution in [-0.4, -0.2) is 18.6 Å². The lowest BCUT2D eigenvalue weighted by atomic mass is 10.2. The van der Waals surface area contributed by atoms with Crippen LogP contribution in [0.2, 0.25) is 0 Å². The third-order valence-corrected chi connectivity index (χ3v) is 1.67. The summed E-state index contributed by atoms with van der Waals surface area (Å²) >= 11 is 0. The Morgan fingerprint density at radius 2 is 2.00 bits per heavy atom. The third-order valence-electron chi connectivity index (χ3n) is 1.67. The summed E-state index contributed by atoms with van der Waals surface area (Å²) in [4.78, 5) is 10.8. The number of nitriles is 1. The lowest BCUT2D eigenvalue weighted by Gasteiger charge is -2.06. The average Bonchev–Trinajstić information content (AvgIpc) is 2.13. The number of alkyl halides is 3. The van der Waals surface area contributed by atoms with E-state index in [0.29, 0.717) is 25.8 Å². The predicted octanol–water partition coefficient (Wildman–Crippen LogP) is 2.14. The van der Waals surface area contributed by atoms with Gasteiger partial charge in [0.1, 0.15) is 0 Å². The van der Waals surface area contributed by atoms with Gasteiger partial charge in [0.05, 0.1) is 12.5 Å². The van der Waals surface area contributed by atoms with Gasteiger partial charge in [-0.3, -0.25) is 4.79 Å². The summed E-state index contributed by atoms with van der Waals surface area (Å²) in [5.41, 5.74) is 0. The lowest BCUT2D eigenvalue weighted by Crippen LogP contribution is -2.25. The first-order chi connectivity index (χ1) is 6.95. The summed E-state index contributed by atoms with van der Waals surface area (Å²) in [7, 11) is 0. The summed E-state index contributed by atoms with van der Waals surface area (Å²) in [5.74, 6) is -0.593. The van der Waals surface area contributed by atoms with Crippen LogP contribution in [0.1, 0.15) is 32.1 Å². The highest BCUT2D eigenvalue weighted by Crippen LogP contribution is 2.20. The maximum atomic E-state index is 11.7. The van der Waals surface area contributed by atoms with Crippen molar-refractivity contribution < 1.29 is 18.0 Å². The van der Waals surface area contributed by atoms with Gasteiger partial charge in [-0.15, -0.1) is 0 Å². The Hall–Kier alpha value is -1.25. The molecule has 0 aliphatic heterocycles. The highest BCUT2D eigenvalue weighted by Gasteiger charge is 2.27. The van der Waals surface area contributed by atoms with E-state index in [0.717, 1.165) is 0 Å². The molecule has 0 spiro atoms. The molecule has 15 heavy (non-hydrogen) atoms. The molecular formula is C9H13F3N2O. The van der Waals surface area contributed by atoms with E-state index in [1.807, 2.05) is 6.07 Å². The molecule has 0 rings (SSSR count). The Kier molecular flexibility index (Phi) is 6.50. The molecule has 86 valence electrons. The quantitative estimate of drug-likeness (QED) is 0.700. The van der Waals surface area contributed by atoms with Gasteiger partial charge < -0.3 is 5.32 Å². The SMILES string of the molecule is N#CCCCCNC(=O)CCC(F)(F)F. The topological polar surface area (TPSA) is 52.9 Å². The van der Waals surface area contributed by atoms with Crippen molar-refractivity contribution in [2.75, 3.05) is 6.54 Å². The lowest BCUT2D eigenvalue weighted by molar-refractivity contribution is -0.144. The molecule has 0 heterocycles. The number of hydrogen-bond acceptors (Lipinski definition) is 2. The molecule has 0 saturated carbocycles. The van der Waals surface area contributed by atoms with Crippen molar-refractivity contribution in [3.63, 3.8) is 0 Å². The molecule has 0 aromatic rings. The first-order valence-corrected chi connectivity index (χ1v) is 4.66. The largest absolute Gasteiger partial charge is 0.389 e. The Bertz CT molecular complexity index is 232. The van der Waals surface area contributed by atoms with Gasteiger partial charge in [-0.25, -0.2) is 0 Å². The van der Waals surface area contributed by atoms with Gasteiger partial charge in [0.25, 0.3) is 0 Å². The third kappa shape index (κ3) is 10.7. The molecule has 0 aromatic carbocycles. The summed E-state index contributed by atoms with van der Waals surface area (Å²) in [6, 6.07) is 1.94. The fourth-order valence-corrected chi connectivity index (χ4v) is 0.901. The van der Waals surface area contributed by atoms with E-state index in [2.05, 4.69) is 5.32 Å². The minimum atomic E-state index is -4.28. The Morgan fingerprint density at radius 1 is 1.33 bits per heavy atom. The van der Waals surface area contributed by atoms with E-state index >= 15 is 0 Å². The second-order valence-electron chi connectivity index (χ2n) is 3.08. The fourth-order valence-electron chi connectivity index (χ4n) is 0.901.